The number of fused-ring (bicyclic) bond motifs is 9. The third-order valence-corrected chi connectivity index (χ3v) is 10.0. The van der Waals surface area contributed by atoms with Crippen molar-refractivity contribution < 1.29 is 0 Å². The number of aromatic nitrogens is 5. The van der Waals surface area contributed by atoms with Crippen molar-refractivity contribution in [3.8, 4) is 22.8 Å². The van der Waals surface area contributed by atoms with Gasteiger partial charge < -0.3 is 4.90 Å². The quantitative estimate of drug-likeness (QED) is 0.198. The average Bonchev–Trinajstić information content (AvgIpc) is 3.68. The maximum atomic E-state index is 4.97. The minimum atomic E-state index is 0.0432. The number of pyridine rings is 1. The van der Waals surface area contributed by atoms with E-state index in [1.807, 2.05) is 30.7 Å². The summed E-state index contributed by atoms with van der Waals surface area (Å²) in [5.74, 6) is 0.698. The second-order valence-corrected chi connectivity index (χ2v) is 12.5. The number of hydrogen-bond acceptors (Lipinski definition) is 4. The predicted octanol–water partition coefficient (Wildman–Crippen LogP) is 7.19. The highest BCUT2D eigenvalue weighted by Crippen LogP contribution is 2.45. The second-order valence-electron chi connectivity index (χ2n) is 12.5. The molecule has 0 fully saturated rings. The molecule has 0 aliphatic carbocycles. The standard InChI is InChI=1S/C41H25BN6/c1-3-12-27(13-4-1)46-33-20-8-7-18-31(33)42-32-19-9-16-29-36-30-17-10-21-45-40(30)47(28-14-5-2-6-15-28)41(36)48(38(29)32)35-25-26(24-34(46)37(35)42)39-43-22-11-23-44-39/h1-25H. The Bertz CT molecular complexity index is 2730. The van der Waals surface area contributed by atoms with Crippen molar-refractivity contribution in [3.63, 3.8) is 0 Å². The molecular formula is C41H25BN6. The molecule has 0 saturated carbocycles. The Morgan fingerprint density at radius 2 is 1.19 bits per heavy atom. The highest BCUT2D eigenvalue weighted by molar-refractivity contribution is 7.00. The van der Waals surface area contributed by atoms with Gasteiger partial charge in [-0.25, -0.2) is 15.0 Å². The molecule has 11 rings (SSSR count). The fraction of sp³-hybridized carbons (Fsp3) is 0. The van der Waals surface area contributed by atoms with Crippen LogP contribution in [0, 0.1) is 0 Å². The monoisotopic (exact) mass is 612 g/mol. The molecule has 2 aliphatic heterocycles. The molecule has 0 spiro atoms. The summed E-state index contributed by atoms with van der Waals surface area (Å²) in [6, 6.07) is 47.7. The molecule has 0 saturated heterocycles. The van der Waals surface area contributed by atoms with Crippen molar-refractivity contribution in [2.24, 2.45) is 0 Å². The Balaban J connectivity index is 1.38. The second kappa shape index (κ2) is 9.53. The maximum Gasteiger partial charge on any atom is 0.252 e. The summed E-state index contributed by atoms with van der Waals surface area (Å²) in [4.78, 5) is 16.9. The number of rotatable bonds is 3. The summed E-state index contributed by atoms with van der Waals surface area (Å²) >= 11 is 0. The molecule has 0 N–H and O–H groups in total. The molecule has 6 nitrogen and oxygen atoms in total. The van der Waals surface area contributed by atoms with Crippen molar-refractivity contribution in [3.05, 3.63) is 152 Å². The summed E-state index contributed by atoms with van der Waals surface area (Å²) in [6.45, 7) is 0.0432. The van der Waals surface area contributed by atoms with Crippen LogP contribution in [0.25, 0.3) is 55.7 Å². The van der Waals surface area contributed by atoms with E-state index in [0.717, 1.165) is 45.0 Å². The van der Waals surface area contributed by atoms with Gasteiger partial charge in [-0.3, -0.25) is 9.13 Å². The Labute approximate surface area is 276 Å². The number of hydrogen-bond donors (Lipinski definition) is 0. The summed E-state index contributed by atoms with van der Waals surface area (Å²) in [5.41, 5.74) is 13.8. The Morgan fingerprint density at radius 3 is 2.02 bits per heavy atom. The third kappa shape index (κ3) is 3.29. The van der Waals surface area contributed by atoms with Crippen LogP contribution in [-0.4, -0.2) is 30.8 Å². The molecule has 2 aliphatic rings. The van der Waals surface area contributed by atoms with Gasteiger partial charge >= 0.3 is 0 Å². The smallest absolute Gasteiger partial charge is 0.252 e. The lowest BCUT2D eigenvalue weighted by Gasteiger charge is -2.40. The SMILES string of the molecule is c1ccc(N2c3ccccc3B3c4c2cc(-c2ncccn2)cc4-n2c4c3cccc4c3c4cccnc4n(-c4ccccc4)c32)cc1. The molecule has 0 bridgehead atoms. The van der Waals surface area contributed by atoms with Gasteiger partial charge in [0.05, 0.1) is 5.52 Å². The van der Waals surface area contributed by atoms with Gasteiger partial charge in [0.2, 0.25) is 0 Å². The van der Waals surface area contributed by atoms with Crippen LogP contribution in [0.1, 0.15) is 0 Å². The highest BCUT2D eigenvalue weighted by atomic mass is 15.2. The summed E-state index contributed by atoms with van der Waals surface area (Å²) in [5, 5.41) is 3.58. The Morgan fingerprint density at radius 1 is 0.500 bits per heavy atom. The van der Waals surface area contributed by atoms with E-state index in [9.17, 15) is 0 Å². The first-order chi connectivity index (χ1) is 23.9. The Hall–Kier alpha value is -6.47. The molecule has 7 heteroatoms. The van der Waals surface area contributed by atoms with Crippen molar-refractivity contribution in [1.29, 1.82) is 0 Å². The number of nitrogens with zero attached hydrogens (tertiary/aromatic N) is 6. The molecule has 0 amide bonds. The zero-order chi connectivity index (χ0) is 31.3. The minimum Gasteiger partial charge on any atom is -0.311 e. The molecule has 6 heterocycles. The van der Waals surface area contributed by atoms with E-state index in [0.29, 0.717) is 5.82 Å². The van der Waals surface area contributed by atoms with Gasteiger partial charge in [-0.2, -0.15) is 0 Å². The third-order valence-electron chi connectivity index (χ3n) is 10.0. The van der Waals surface area contributed by atoms with Gasteiger partial charge in [0.1, 0.15) is 11.3 Å². The fourth-order valence-electron chi connectivity index (χ4n) is 8.25. The van der Waals surface area contributed by atoms with Crippen LogP contribution in [0.5, 0.6) is 0 Å². The van der Waals surface area contributed by atoms with E-state index in [1.165, 1.54) is 38.4 Å². The van der Waals surface area contributed by atoms with Gasteiger partial charge in [0.15, 0.2) is 5.82 Å². The largest absolute Gasteiger partial charge is 0.311 e. The zero-order valence-corrected chi connectivity index (χ0v) is 25.7. The first-order valence-corrected chi connectivity index (χ1v) is 16.2. The van der Waals surface area contributed by atoms with Gasteiger partial charge in [0.25, 0.3) is 6.71 Å². The number of anilines is 3. The molecule has 9 aromatic rings. The van der Waals surface area contributed by atoms with Crippen molar-refractivity contribution in [1.82, 2.24) is 24.1 Å². The van der Waals surface area contributed by atoms with Gasteiger partial charge in [-0.15, -0.1) is 0 Å². The molecule has 0 radical (unpaired) electrons. The Kier molecular flexibility index (Phi) is 5.10. The normalized spacial score (nSPS) is 12.9. The molecular weight excluding hydrogens is 587 g/mol. The lowest BCUT2D eigenvalue weighted by Crippen LogP contribution is -2.60. The van der Waals surface area contributed by atoms with Gasteiger partial charge in [-0.05, 0) is 77.1 Å². The summed E-state index contributed by atoms with van der Waals surface area (Å²) < 4.78 is 4.83. The van der Waals surface area contributed by atoms with E-state index in [-0.39, 0.29) is 6.71 Å². The average molecular weight is 613 g/mol. The van der Waals surface area contributed by atoms with Crippen LogP contribution in [0.2, 0.25) is 0 Å². The van der Waals surface area contributed by atoms with Crippen LogP contribution >= 0.6 is 0 Å². The summed E-state index contributed by atoms with van der Waals surface area (Å²) in [6.07, 6.45) is 5.53. The van der Waals surface area contributed by atoms with Crippen LogP contribution in [0.15, 0.2) is 152 Å². The van der Waals surface area contributed by atoms with Crippen molar-refractivity contribution in [2.45, 2.75) is 0 Å². The van der Waals surface area contributed by atoms with Gasteiger partial charge in [-0.1, -0.05) is 72.8 Å². The molecule has 222 valence electrons. The van der Waals surface area contributed by atoms with E-state index in [1.54, 1.807) is 0 Å². The molecule has 48 heavy (non-hydrogen) atoms. The lowest BCUT2D eigenvalue weighted by molar-refractivity contribution is 1.05. The minimum absolute atomic E-state index is 0.0432. The number of para-hydroxylation sites is 4. The zero-order valence-electron chi connectivity index (χ0n) is 25.7. The van der Waals surface area contributed by atoms with Crippen LogP contribution in [0.4, 0.5) is 17.1 Å². The molecule has 4 aromatic heterocycles. The topological polar surface area (TPSA) is 51.8 Å². The van der Waals surface area contributed by atoms with Crippen molar-refractivity contribution >= 4 is 73.1 Å². The van der Waals surface area contributed by atoms with E-state index < -0.39 is 0 Å². The molecule has 0 atom stereocenters. The summed E-state index contributed by atoms with van der Waals surface area (Å²) in [7, 11) is 0. The highest BCUT2D eigenvalue weighted by Gasteiger charge is 2.43. The van der Waals surface area contributed by atoms with Crippen LogP contribution < -0.4 is 21.3 Å². The van der Waals surface area contributed by atoms with E-state index >= 15 is 0 Å². The van der Waals surface area contributed by atoms with E-state index in [4.69, 9.17) is 15.0 Å². The lowest BCUT2D eigenvalue weighted by atomic mass is 9.34. The van der Waals surface area contributed by atoms with Crippen LogP contribution in [0.3, 0.4) is 0 Å². The van der Waals surface area contributed by atoms with Gasteiger partial charge in [0, 0.05) is 68.7 Å². The predicted molar refractivity (Wildman–Crippen MR) is 196 cm³/mol. The van der Waals surface area contributed by atoms with E-state index in [2.05, 4.69) is 135 Å². The number of benzene rings is 5. The first-order valence-electron chi connectivity index (χ1n) is 16.2. The molecule has 0 unspecified atom stereocenters. The molecule has 5 aromatic carbocycles. The van der Waals surface area contributed by atoms with Crippen LogP contribution in [-0.2, 0) is 0 Å². The van der Waals surface area contributed by atoms with Crippen molar-refractivity contribution in [2.75, 3.05) is 4.90 Å². The maximum absolute atomic E-state index is 4.97. The first kappa shape index (κ1) is 25.7. The fourth-order valence-corrected chi connectivity index (χ4v) is 8.25.